The van der Waals surface area contributed by atoms with E-state index < -0.39 is 0 Å². The van der Waals surface area contributed by atoms with E-state index in [0.29, 0.717) is 18.4 Å². The van der Waals surface area contributed by atoms with Gasteiger partial charge >= 0.3 is 0 Å². The van der Waals surface area contributed by atoms with Gasteiger partial charge in [0, 0.05) is 12.1 Å². The number of rotatable bonds is 4. The molecule has 0 bridgehead atoms. The lowest BCUT2D eigenvalue weighted by molar-refractivity contribution is 0.246. The van der Waals surface area contributed by atoms with E-state index in [9.17, 15) is 4.79 Å². The smallest absolute Gasteiger partial charge is 0.261 e. The van der Waals surface area contributed by atoms with Gasteiger partial charge in [-0.1, -0.05) is 61.0 Å². The predicted octanol–water partition coefficient (Wildman–Crippen LogP) is 5.29. The first-order valence-corrected chi connectivity index (χ1v) is 11.3. The van der Waals surface area contributed by atoms with Crippen LogP contribution in [-0.2, 0) is 6.54 Å². The molecule has 1 aliphatic rings. The molecule has 4 aromatic rings. The van der Waals surface area contributed by atoms with E-state index in [4.69, 9.17) is 10.7 Å². The van der Waals surface area contributed by atoms with Crippen molar-refractivity contribution < 1.29 is 0 Å². The summed E-state index contributed by atoms with van der Waals surface area (Å²) in [5.74, 6) is 1.79. The molecular formula is C27H29N3O. The van der Waals surface area contributed by atoms with Crippen LogP contribution in [0.2, 0.25) is 0 Å². The van der Waals surface area contributed by atoms with Crippen LogP contribution in [0.25, 0.3) is 33.1 Å². The summed E-state index contributed by atoms with van der Waals surface area (Å²) < 4.78 is 1.95. The summed E-state index contributed by atoms with van der Waals surface area (Å²) in [7, 11) is 0. The summed E-state index contributed by atoms with van der Waals surface area (Å²) in [5, 5.41) is 3.02. The molecule has 1 aromatic heterocycles. The molecule has 0 radical (unpaired) electrons. The Bertz CT molecular complexity index is 1300. The Morgan fingerprint density at radius 3 is 2.65 bits per heavy atom. The molecule has 3 aromatic carbocycles. The summed E-state index contributed by atoms with van der Waals surface area (Å²) in [6.45, 7) is 3.43. The molecule has 1 saturated carbocycles. The zero-order valence-electron chi connectivity index (χ0n) is 18.1. The van der Waals surface area contributed by atoms with E-state index in [1.165, 1.54) is 12.8 Å². The largest absolute Gasteiger partial charge is 0.330 e. The highest BCUT2D eigenvalue weighted by Gasteiger charge is 2.24. The molecule has 4 nitrogen and oxygen atoms in total. The predicted molar refractivity (Wildman–Crippen MR) is 128 cm³/mol. The number of nitrogens with zero attached hydrogens (tertiary/aromatic N) is 2. The lowest BCUT2D eigenvalue weighted by Crippen LogP contribution is -2.31. The zero-order valence-corrected chi connectivity index (χ0v) is 18.1. The lowest BCUT2D eigenvalue weighted by Gasteiger charge is -2.29. The second kappa shape index (κ2) is 8.27. The summed E-state index contributed by atoms with van der Waals surface area (Å²) in [6.07, 6.45) is 4.62. The number of aromatic nitrogens is 2. The van der Waals surface area contributed by atoms with Crippen LogP contribution in [0.3, 0.4) is 0 Å². The fourth-order valence-electron chi connectivity index (χ4n) is 5.27. The van der Waals surface area contributed by atoms with Gasteiger partial charge in [0.25, 0.3) is 5.56 Å². The first kappa shape index (κ1) is 20.0. The molecule has 2 N–H and O–H groups in total. The molecule has 1 fully saturated rings. The monoisotopic (exact) mass is 411 g/mol. The van der Waals surface area contributed by atoms with Gasteiger partial charge in [0.15, 0.2) is 0 Å². The highest BCUT2D eigenvalue weighted by Crippen LogP contribution is 2.32. The molecule has 0 aliphatic heterocycles. The number of hydrogen-bond acceptors (Lipinski definition) is 3. The van der Waals surface area contributed by atoms with Crippen LogP contribution in [-0.4, -0.2) is 16.1 Å². The second-order valence-corrected chi connectivity index (χ2v) is 8.98. The normalized spacial score (nSPS) is 19.2. The molecule has 2 atom stereocenters. The van der Waals surface area contributed by atoms with E-state index >= 15 is 0 Å². The molecule has 0 amide bonds. The van der Waals surface area contributed by atoms with Crippen molar-refractivity contribution in [3.05, 3.63) is 76.6 Å². The van der Waals surface area contributed by atoms with Crippen molar-refractivity contribution in [1.29, 1.82) is 0 Å². The Labute approximate surface area is 182 Å². The van der Waals surface area contributed by atoms with Crippen molar-refractivity contribution in [2.75, 3.05) is 6.54 Å². The van der Waals surface area contributed by atoms with E-state index in [1.807, 2.05) is 41.8 Å². The zero-order chi connectivity index (χ0) is 21.4. The minimum Gasteiger partial charge on any atom is -0.330 e. The lowest BCUT2D eigenvalue weighted by atomic mass is 9.81. The van der Waals surface area contributed by atoms with Crippen molar-refractivity contribution >= 4 is 21.7 Å². The molecule has 0 saturated heterocycles. The van der Waals surface area contributed by atoms with Gasteiger partial charge in [-0.05, 0) is 67.0 Å². The van der Waals surface area contributed by atoms with Gasteiger partial charge in [-0.25, -0.2) is 4.98 Å². The van der Waals surface area contributed by atoms with Crippen LogP contribution < -0.4 is 11.3 Å². The summed E-state index contributed by atoms with van der Waals surface area (Å²) in [5.41, 5.74) is 8.83. The first-order chi connectivity index (χ1) is 15.2. The Morgan fingerprint density at radius 2 is 1.77 bits per heavy atom. The number of hydrogen-bond donors (Lipinski definition) is 1. The van der Waals surface area contributed by atoms with Gasteiger partial charge in [0.1, 0.15) is 5.82 Å². The standard InChI is InChI=1S/C27H29N3O/c1-18-7-4-14-24-25(18)27(31)30(17-20-9-5-8-19(15-20)16-28)26(29-24)23-13-6-11-21-10-2-3-12-22(21)23/h2-4,6-7,10-14,19-20H,5,8-9,15-17,28H2,1H3. The Kier molecular flexibility index (Phi) is 5.33. The second-order valence-electron chi connectivity index (χ2n) is 8.98. The number of benzene rings is 3. The fourth-order valence-corrected chi connectivity index (χ4v) is 5.27. The maximum absolute atomic E-state index is 13.8. The van der Waals surface area contributed by atoms with Crippen molar-refractivity contribution in [3.63, 3.8) is 0 Å². The van der Waals surface area contributed by atoms with Crippen molar-refractivity contribution in [1.82, 2.24) is 9.55 Å². The number of aryl methyl sites for hydroxylation is 1. The van der Waals surface area contributed by atoms with E-state index in [2.05, 4.69) is 30.3 Å². The molecule has 31 heavy (non-hydrogen) atoms. The summed E-state index contributed by atoms with van der Waals surface area (Å²) >= 11 is 0. The van der Waals surface area contributed by atoms with Gasteiger partial charge in [0.2, 0.25) is 0 Å². The van der Waals surface area contributed by atoms with Gasteiger partial charge in [0.05, 0.1) is 10.9 Å². The Hall–Kier alpha value is -2.98. The van der Waals surface area contributed by atoms with Crippen LogP contribution in [0.5, 0.6) is 0 Å². The Balaban J connectivity index is 1.73. The van der Waals surface area contributed by atoms with Crippen LogP contribution in [0.15, 0.2) is 65.5 Å². The molecule has 0 spiro atoms. The average molecular weight is 412 g/mol. The van der Waals surface area contributed by atoms with Crippen LogP contribution in [0.1, 0.15) is 31.2 Å². The van der Waals surface area contributed by atoms with E-state index in [0.717, 1.165) is 58.0 Å². The highest BCUT2D eigenvalue weighted by molar-refractivity contribution is 5.96. The van der Waals surface area contributed by atoms with Gasteiger partial charge in [-0.3, -0.25) is 9.36 Å². The topological polar surface area (TPSA) is 60.9 Å². The summed E-state index contributed by atoms with van der Waals surface area (Å²) in [4.78, 5) is 18.9. The van der Waals surface area contributed by atoms with Crippen molar-refractivity contribution in [3.8, 4) is 11.4 Å². The quantitative estimate of drug-likeness (QED) is 0.496. The maximum Gasteiger partial charge on any atom is 0.261 e. The minimum atomic E-state index is 0.0703. The SMILES string of the molecule is Cc1cccc2nc(-c3cccc4ccccc34)n(CC3CCCC(CN)C3)c(=O)c12. The third-order valence-electron chi connectivity index (χ3n) is 6.89. The van der Waals surface area contributed by atoms with Crippen molar-refractivity contribution in [2.45, 2.75) is 39.2 Å². The first-order valence-electron chi connectivity index (χ1n) is 11.3. The van der Waals surface area contributed by atoms with Crippen LogP contribution >= 0.6 is 0 Å². The summed E-state index contributed by atoms with van der Waals surface area (Å²) in [6, 6.07) is 20.5. The third-order valence-corrected chi connectivity index (χ3v) is 6.89. The molecule has 5 rings (SSSR count). The average Bonchev–Trinajstić information content (AvgIpc) is 2.80. The highest BCUT2D eigenvalue weighted by atomic mass is 16.1. The van der Waals surface area contributed by atoms with E-state index in [-0.39, 0.29) is 5.56 Å². The minimum absolute atomic E-state index is 0.0703. The van der Waals surface area contributed by atoms with Crippen molar-refractivity contribution in [2.24, 2.45) is 17.6 Å². The van der Waals surface area contributed by atoms with Gasteiger partial charge in [-0.2, -0.15) is 0 Å². The Morgan fingerprint density at radius 1 is 1.00 bits per heavy atom. The molecule has 2 unspecified atom stereocenters. The van der Waals surface area contributed by atoms with Gasteiger partial charge in [-0.15, -0.1) is 0 Å². The maximum atomic E-state index is 13.8. The fraction of sp³-hybridized carbons (Fsp3) is 0.333. The molecule has 158 valence electrons. The van der Waals surface area contributed by atoms with Gasteiger partial charge < -0.3 is 5.73 Å². The van der Waals surface area contributed by atoms with E-state index in [1.54, 1.807) is 0 Å². The van der Waals surface area contributed by atoms with Crippen LogP contribution in [0, 0.1) is 18.8 Å². The molecular weight excluding hydrogens is 382 g/mol. The number of nitrogens with two attached hydrogens (primary N) is 1. The van der Waals surface area contributed by atoms with Crippen LogP contribution in [0.4, 0.5) is 0 Å². The molecule has 1 heterocycles. The molecule has 1 aliphatic carbocycles. The molecule has 4 heteroatoms. The third kappa shape index (κ3) is 3.66. The number of fused-ring (bicyclic) bond motifs is 2.